The summed E-state index contributed by atoms with van der Waals surface area (Å²) in [5, 5.41) is 22.7. The molecule has 10 rings (SSSR count). The highest BCUT2D eigenvalue weighted by Gasteiger charge is 2.43. The van der Waals surface area contributed by atoms with Crippen molar-refractivity contribution in [1.29, 1.82) is 0 Å². The fourth-order valence-corrected chi connectivity index (χ4v) is 23.1. The molecule has 30 nitrogen and oxygen atoms in total. The number of carboxylic acid groups (broad SMARTS) is 2. The molecule has 125 heavy (non-hydrogen) atoms. The van der Waals surface area contributed by atoms with Crippen LogP contribution < -0.4 is 48.6 Å². The molecule has 4 aliphatic heterocycles. The van der Waals surface area contributed by atoms with Gasteiger partial charge in [0.2, 0.25) is 21.8 Å². The number of halogens is 1. The number of carbonyl (C=O) groups is 6. The minimum absolute atomic E-state index is 0.0118. The molecule has 2 aromatic heterocycles. The second-order valence-electron chi connectivity index (χ2n) is 35.8. The highest BCUT2D eigenvalue weighted by atomic mass is 35.7. The Morgan fingerprint density at radius 2 is 0.888 bits per heavy atom. The lowest BCUT2D eigenvalue weighted by Gasteiger charge is -2.31. The van der Waals surface area contributed by atoms with E-state index in [1.165, 1.54) is 20.7 Å². The van der Waals surface area contributed by atoms with Gasteiger partial charge in [0.1, 0.15) is 69.1 Å². The topological polar surface area (TPSA) is 429 Å². The van der Waals surface area contributed by atoms with Crippen LogP contribution >= 0.6 is 10.7 Å². The van der Waals surface area contributed by atoms with Gasteiger partial charge < -0.3 is 55.0 Å². The van der Waals surface area contributed by atoms with Crippen molar-refractivity contribution >= 4 is 97.1 Å². The van der Waals surface area contributed by atoms with Gasteiger partial charge in [-0.15, -0.1) is 0 Å². The zero-order valence-electron chi connectivity index (χ0n) is 75.7. The van der Waals surface area contributed by atoms with Crippen molar-refractivity contribution in [1.82, 2.24) is 25.3 Å². The Kier molecular flexibility index (Phi) is 33.4. The number of sulfonamides is 3. The van der Waals surface area contributed by atoms with Crippen LogP contribution in [0, 0.1) is 69.2 Å². The van der Waals surface area contributed by atoms with Gasteiger partial charge >= 0.3 is 23.9 Å². The standard InChI is InChI=1S/C45H62N4O11S2.C33H48N4O6S.C12H15ClO5S/c1-27-23-34(58-22-14-18-38(51)52)24-28(2)40(27)61(54,55)48-36(43(53)60-44(6,7)8)26-46-37(50)17-12-11-16-33-20-19-32-15-13-21-49(42(32)47-33)62(56,57)41-30(4)29(3)39-35(31(41)5)25-45(9,10)59-39;1-20-21(2)29(22(3)25-18-33(7,8)42-28(20)25)44(40,41)37-17-11-12-23-15-16-24(36-30(23)37)13-9-10-14-27(38)35-19-26(34)31(39)43-32(4,5)6;1-8-6-10(18-5-3-4-11(14)15)7-9(2)12(8)19(13,16)17/h19-20,23-24,36,48H,11-18,21-22,25-26H2,1-10H3,(H,46,50)(H,51,52);15-16,26H,9-14,17-19,34H2,1-8H3,(H,35,38);6-7H,3-5H2,1-2H3,(H,14,15)/t36-;26-;/m00./s1. The van der Waals surface area contributed by atoms with Gasteiger partial charge in [-0.2, -0.15) is 4.72 Å². The lowest BCUT2D eigenvalue weighted by Crippen LogP contribution is -2.50. The average molecular weight is 1830 g/mol. The Morgan fingerprint density at radius 1 is 0.512 bits per heavy atom. The fourth-order valence-electron chi connectivity index (χ4n) is 15.8. The Labute approximate surface area is 741 Å². The number of ether oxygens (including phenoxy) is 6. The van der Waals surface area contributed by atoms with Crippen LogP contribution in [0.2, 0.25) is 0 Å². The van der Waals surface area contributed by atoms with Crippen molar-refractivity contribution in [2.24, 2.45) is 5.73 Å². The zero-order chi connectivity index (χ0) is 93.2. The average Bonchev–Trinajstić information content (AvgIpc) is 1.66. The number of benzene rings is 4. The second-order valence-corrected chi connectivity index (χ2v) is 43.6. The Hall–Kier alpha value is -9.19. The molecule has 35 heteroatoms. The van der Waals surface area contributed by atoms with Gasteiger partial charge in [0.15, 0.2) is 0 Å². The SMILES string of the molecule is Cc1c(C)c(S(=O)(=O)N2CCCc3ccc(CCCCC(=O)NC[C@H](N)C(=O)OC(C)(C)C)nc32)c(C)c2c1OC(C)(C)C2.Cc1cc(OCCCC(=O)O)cc(C)c1S(=O)(=O)Cl.Cc1cc(OCCCC(=O)O)cc(C)c1S(=O)(=O)N[C@@H](CNC(=O)CCCCc1ccc2c(n1)N(S(=O)(=O)c1c(C)c(C)c3c(c1C)CC(C)(C)O3)CCC2)C(=O)OC(C)(C)C. The van der Waals surface area contributed by atoms with Gasteiger partial charge in [0.25, 0.3) is 29.1 Å². The number of aliphatic carboxylic acids is 2. The molecule has 2 amide bonds. The number of rotatable bonds is 34. The lowest BCUT2D eigenvalue weighted by atomic mass is 9.94. The summed E-state index contributed by atoms with van der Waals surface area (Å²) in [6.45, 7) is 36.7. The van der Waals surface area contributed by atoms with Gasteiger partial charge in [-0.05, 0) is 319 Å². The van der Waals surface area contributed by atoms with E-state index in [9.17, 15) is 62.4 Å². The number of esters is 2. The number of aryl methyl sites for hydroxylation is 8. The van der Waals surface area contributed by atoms with Crippen LogP contribution in [0.3, 0.4) is 0 Å². The van der Waals surface area contributed by atoms with Gasteiger partial charge in [0.05, 0.1) is 32.8 Å². The summed E-state index contributed by atoms with van der Waals surface area (Å²) < 4.78 is 148. The Morgan fingerprint density at radius 3 is 1.26 bits per heavy atom. The molecule has 0 aliphatic carbocycles. The van der Waals surface area contributed by atoms with E-state index in [4.69, 9.17) is 65.0 Å². The number of nitrogens with zero attached hydrogens (tertiary/aromatic N) is 4. The molecule has 4 aliphatic rings. The van der Waals surface area contributed by atoms with Crippen LogP contribution in [0.25, 0.3) is 0 Å². The summed E-state index contributed by atoms with van der Waals surface area (Å²) >= 11 is 0. The van der Waals surface area contributed by atoms with Crippen LogP contribution in [-0.4, -0.2) is 163 Å². The summed E-state index contributed by atoms with van der Waals surface area (Å²) in [6.07, 6.45) is 8.55. The van der Waals surface area contributed by atoms with Crippen LogP contribution in [0.5, 0.6) is 23.0 Å². The first-order chi connectivity index (χ1) is 57.9. The third-order valence-corrected chi connectivity index (χ3v) is 29.2. The molecule has 7 N–H and O–H groups in total. The van der Waals surface area contributed by atoms with E-state index in [1.807, 2.05) is 93.5 Å². The van der Waals surface area contributed by atoms with Crippen molar-refractivity contribution in [2.45, 2.75) is 308 Å². The second kappa shape index (κ2) is 41.3. The molecule has 0 fully saturated rings. The van der Waals surface area contributed by atoms with Crippen LogP contribution in [0.4, 0.5) is 11.6 Å². The van der Waals surface area contributed by atoms with Crippen molar-refractivity contribution in [2.75, 3.05) is 48.0 Å². The highest BCUT2D eigenvalue weighted by molar-refractivity contribution is 8.13. The molecular weight excluding hydrogens is 1710 g/mol. The fraction of sp³-hybridized carbons (Fsp3) is 0.556. The number of carboxylic acids is 2. The number of unbranched alkanes of at least 4 members (excludes halogenated alkanes) is 2. The largest absolute Gasteiger partial charge is 0.494 e. The van der Waals surface area contributed by atoms with Crippen LogP contribution in [0.15, 0.2) is 68.1 Å². The number of amides is 2. The minimum atomic E-state index is -4.31. The molecule has 4 aromatic carbocycles. The molecule has 0 spiro atoms. The summed E-state index contributed by atoms with van der Waals surface area (Å²) in [4.78, 5) is 82.3. The molecule has 0 unspecified atom stereocenters. The molecule has 0 radical (unpaired) electrons. The number of anilines is 2. The van der Waals surface area contributed by atoms with E-state index in [-0.39, 0.29) is 79.7 Å². The first-order valence-electron chi connectivity index (χ1n) is 42.2. The molecule has 2 atom stereocenters. The highest BCUT2D eigenvalue weighted by Crippen LogP contribution is 2.48. The van der Waals surface area contributed by atoms with Crippen LogP contribution in [-0.2, 0) is 116 Å². The number of hydrogen-bond donors (Lipinski definition) is 6. The lowest BCUT2D eigenvalue weighted by molar-refractivity contribution is -0.157. The number of hydrogen-bond acceptors (Lipinski definition) is 23. The first-order valence-corrected chi connectivity index (χ1v) is 48.9. The maximum Gasteiger partial charge on any atom is 0.326 e. The Bertz CT molecular complexity index is 5500. The normalized spacial score (nSPS) is 15.1. The third-order valence-electron chi connectivity index (χ3n) is 21.7. The van der Waals surface area contributed by atoms with Gasteiger partial charge in [0, 0.05) is 97.9 Å². The summed E-state index contributed by atoms with van der Waals surface area (Å²) in [5.74, 6) is -0.432. The molecular formula is C90H125ClN8O22S4. The molecule has 6 aromatic rings. The van der Waals surface area contributed by atoms with E-state index in [0.29, 0.717) is 161 Å². The van der Waals surface area contributed by atoms with E-state index in [1.54, 1.807) is 81.4 Å². The first kappa shape index (κ1) is 101. The molecule has 6 heterocycles. The van der Waals surface area contributed by atoms with Crippen LogP contribution in [0.1, 0.15) is 236 Å². The van der Waals surface area contributed by atoms with Gasteiger partial charge in [-0.1, -0.05) is 12.1 Å². The maximum atomic E-state index is 14.5. The van der Waals surface area contributed by atoms with Crippen molar-refractivity contribution in [3.63, 3.8) is 0 Å². The number of carbonyl (C=O) groups excluding carboxylic acids is 4. The van der Waals surface area contributed by atoms with E-state index < -0.39 is 97.8 Å². The van der Waals surface area contributed by atoms with Crippen molar-refractivity contribution < 1.29 is 101 Å². The summed E-state index contributed by atoms with van der Waals surface area (Å²) in [5.41, 5.74) is 14.8. The van der Waals surface area contributed by atoms with Gasteiger partial charge in [-0.3, -0.25) is 28.8 Å². The minimum Gasteiger partial charge on any atom is -0.494 e. The molecule has 0 saturated carbocycles. The maximum absolute atomic E-state index is 14.5. The van der Waals surface area contributed by atoms with Crippen molar-refractivity contribution in [3.8, 4) is 23.0 Å². The number of nitrogens with one attached hydrogen (secondary N) is 3. The number of nitrogens with two attached hydrogens (primary N) is 1. The molecule has 0 saturated heterocycles. The monoisotopic (exact) mass is 1830 g/mol. The number of pyridine rings is 2. The summed E-state index contributed by atoms with van der Waals surface area (Å²) in [7, 11) is -10.6. The smallest absolute Gasteiger partial charge is 0.326 e. The van der Waals surface area contributed by atoms with E-state index in [0.717, 1.165) is 69.0 Å². The van der Waals surface area contributed by atoms with E-state index >= 15 is 0 Å². The number of fused-ring (bicyclic) bond motifs is 4. The van der Waals surface area contributed by atoms with Gasteiger partial charge in [-0.25, -0.2) is 52.2 Å². The molecule has 0 bridgehead atoms. The quantitative estimate of drug-likeness (QED) is 0.0124. The number of aromatic nitrogens is 2. The molecule has 688 valence electrons. The van der Waals surface area contributed by atoms with E-state index in [2.05, 4.69) is 15.4 Å². The van der Waals surface area contributed by atoms with Crippen molar-refractivity contribution in [3.05, 3.63) is 138 Å². The summed E-state index contributed by atoms with van der Waals surface area (Å²) in [6, 6.07) is 11.6. The zero-order valence-corrected chi connectivity index (χ0v) is 79.7. The Balaban J connectivity index is 0.000000265. The predicted octanol–water partition coefficient (Wildman–Crippen LogP) is 13.1. The predicted molar refractivity (Wildman–Crippen MR) is 477 cm³/mol. The third kappa shape index (κ3) is 26.7.